The van der Waals surface area contributed by atoms with Gasteiger partial charge in [0.2, 0.25) is 0 Å². The largest absolute Gasteiger partial charge is 0.482 e. The number of esters is 1. The number of hydrogen-bond acceptors (Lipinski definition) is 4. The molecular weight excluding hydrogens is 242 g/mol. The van der Waals surface area contributed by atoms with E-state index in [-0.39, 0.29) is 18.7 Å². The molecule has 0 amide bonds. The number of benzene rings is 1. The lowest BCUT2D eigenvalue weighted by Gasteiger charge is -2.12. The third-order valence-corrected chi connectivity index (χ3v) is 2.43. The van der Waals surface area contributed by atoms with Crippen LogP contribution in [0, 0.1) is 0 Å². The van der Waals surface area contributed by atoms with Gasteiger partial charge in [-0.3, -0.25) is 0 Å². The molecule has 19 heavy (non-hydrogen) atoms. The number of carbonyl (C=O) groups is 1. The summed E-state index contributed by atoms with van der Waals surface area (Å²) < 4.78 is 10.5. The molecule has 0 aliphatic rings. The monoisotopic (exact) mass is 265 g/mol. The maximum absolute atomic E-state index is 11.4. The van der Waals surface area contributed by atoms with E-state index in [4.69, 9.17) is 9.47 Å². The zero-order chi connectivity index (χ0) is 14.1. The second-order valence-corrected chi connectivity index (χ2v) is 4.61. The molecule has 106 valence electrons. The first-order chi connectivity index (χ1) is 9.13. The molecular formula is C15H23NO3. The lowest BCUT2D eigenvalue weighted by Crippen LogP contribution is -2.20. The highest BCUT2D eigenvalue weighted by Crippen LogP contribution is 2.17. The van der Waals surface area contributed by atoms with E-state index in [0.29, 0.717) is 0 Å². The van der Waals surface area contributed by atoms with Gasteiger partial charge < -0.3 is 14.8 Å². The SMILES string of the molecule is CCCNCc1ccccc1OCC(=O)OC(C)C. The van der Waals surface area contributed by atoms with E-state index in [1.54, 1.807) is 0 Å². The van der Waals surface area contributed by atoms with Gasteiger partial charge in [0.25, 0.3) is 0 Å². The van der Waals surface area contributed by atoms with Crippen LogP contribution < -0.4 is 10.1 Å². The topological polar surface area (TPSA) is 47.6 Å². The van der Waals surface area contributed by atoms with E-state index in [0.717, 1.165) is 30.8 Å². The van der Waals surface area contributed by atoms with Crippen molar-refractivity contribution in [2.75, 3.05) is 13.2 Å². The van der Waals surface area contributed by atoms with Gasteiger partial charge in [0, 0.05) is 12.1 Å². The Morgan fingerprint density at radius 1 is 1.32 bits per heavy atom. The van der Waals surface area contributed by atoms with Crippen molar-refractivity contribution < 1.29 is 14.3 Å². The molecule has 0 unspecified atom stereocenters. The van der Waals surface area contributed by atoms with Gasteiger partial charge in [0.1, 0.15) is 5.75 Å². The number of hydrogen-bond donors (Lipinski definition) is 1. The minimum absolute atomic E-state index is 0.0526. The summed E-state index contributed by atoms with van der Waals surface area (Å²) >= 11 is 0. The van der Waals surface area contributed by atoms with E-state index in [1.807, 2.05) is 38.1 Å². The average molecular weight is 265 g/mol. The van der Waals surface area contributed by atoms with Gasteiger partial charge in [0.05, 0.1) is 6.10 Å². The van der Waals surface area contributed by atoms with Crippen LogP contribution in [0.5, 0.6) is 5.75 Å². The van der Waals surface area contributed by atoms with Gasteiger partial charge in [0.15, 0.2) is 6.61 Å². The predicted molar refractivity (Wildman–Crippen MR) is 75.2 cm³/mol. The molecule has 0 fully saturated rings. The summed E-state index contributed by atoms with van der Waals surface area (Å²) in [6, 6.07) is 7.71. The molecule has 1 rings (SSSR count). The number of nitrogens with one attached hydrogen (secondary N) is 1. The van der Waals surface area contributed by atoms with Crippen LogP contribution in [0.1, 0.15) is 32.8 Å². The second-order valence-electron chi connectivity index (χ2n) is 4.61. The van der Waals surface area contributed by atoms with Crippen LogP contribution in [0.4, 0.5) is 0 Å². The average Bonchev–Trinajstić information content (AvgIpc) is 2.37. The Bertz CT molecular complexity index is 391. The molecule has 0 saturated carbocycles. The van der Waals surface area contributed by atoms with Crippen molar-refractivity contribution >= 4 is 5.97 Å². The van der Waals surface area contributed by atoms with Crippen molar-refractivity contribution in [3.05, 3.63) is 29.8 Å². The number of carbonyl (C=O) groups excluding carboxylic acids is 1. The third-order valence-electron chi connectivity index (χ3n) is 2.43. The Hall–Kier alpha value is -1.55. The van der Waals surface area contributed by atoms with Gasteiger partial charge in [-0.2, -0.15) is 0 Å². The quantitative estimate of drug-likeness (QED) is 0.579. The molecule has 0 spiro atoms. The zero-order valence-electron chi connectivity index (χ0n) is 11.9. The number of ether oxygens (including phenoxy) is 2. The smallest absolute Gasteiger partial charge is 0.344 e. The van der Waals surface area contributed by atoms with E-state index in [1.165, 1.54) is 0 Å². The van der Waals surface area contributed by atoms with Gasteiger partial charge in [-0.15, -0.1) is 0 Å². The summed E-state index contributed by atoms with van der Waals surface area (Å²) in [5, 5.41) is 3.32. The Labute approximate surface area is 115 Å². The summed E-state index contributed by atoms with van der Waals surface area (Å²) in [6.45, 7) is 7.41. The fourth-order valence-electron chi connectivity index (χ4n) is 1.62. The highest BCUT2D eigenvalue weighted by atomic mass is 16.6. The molecule has 0 aliphatic heterocycles. The molecule has 0 heterocycles. The molecule has 0 aliphatic carbocycles. The molecule has 1 aromatic rings. The van der Waals surface area contributed by atoms with Crippen LogP contribution >= 0.6 is 0 Å². The van der Waals surface area contributed by atoms with Crippen molar-refractivity contribution in [2.24, 2.45) is 0 Å². The minimum Gasteiger partial charge on any atom is -0.482 e. The summed E-state index contributed by atoms with van der Waals surface area (Å²) in [5.74, 6) is 0.387. The Kier molecular flexibility index (Phi) is 6.97. The summed E-state index contributed by atoms with van der Waals surface area (Å²) in [6.07, 6.45) is 0.974. The fraction of sp³-hybridized carbons (Fsp3) is 0.533. The molecule has 0 saturated heterocycles. The Morgan fingerprint density at radius 3 is 2.74 bits per heavy atom. The van der Waals surface area contributed by atoms with E-state index in [2.05, 4.69) is 12.2 Å². The first-order valence-corrected chi connectivity index (χ1v) is 6.74. The lowest BCUT2D eigenvalue weighted by atomic mass is 10.2. The molecule has 0 aromatic heterocycles. The molecule has 1 aromatic carbocycles. The minimum atomic E-state index is -0.341. The van der Waals surface area contributed by atoms with Crippen molar-refractivity contribution in [1.82, 2.24) is 5.32 Å². The van der Waals surface area contributed by atoms with E-state index in [9.17, 15) is 4.79 Å². The van der Waals surface area contributed by atoms with Crippen LogP contribution in [0.2, 0.25) is 0 Å². The molecule has 0 bridgehead atoms. The number of rotatable bonds is 8. The molecule has 0 radical (unpaired) electrons. The molecule has 4 nitrogen and oxygen atoms in total. The highest BCUT2D eigenvalue weighted by molar-refractivity contribution is 5.71. The van der Waals surface area contributed by atoms with Gasteiger partial charge >= 0.3 is 5.97 Å². The number of para-hydroxylation sites is 1. The van der Waals surface area contributed by atoms with E-state index < -0.39 is 0 Å². The van der Waals surface area contributed by atoms with Crippen molar-refractivity contribution in [2.45, 2.75) is 39.8 Å². The summed E-state index contributed by atoms with van der Waals surface area (Å²) in [4.78, 5) is 11.4. The van der Waals surface area contributed by atoms with Crippen LogP contribution in [0.3, 0.4) is 0 Å². The first-order valence-electron chi connectivity index (χ1n) is 6.74. The third kappa shape index (κ3) is 6.25. The van der Waals surface area contributed by atoms with Crippen molar-refractivity contribution in [3.63, 3.8) is 0 Å². The highest BCUT2D eigenvalue weighted by Gasteiger charge is 2.08. The maximum Gasteiger partial charge on any atom is 0.344 e. The second kappa shape index (κ2) is 8.53. The van der Waals surface area contributed by atoms with Crippen LogP contribution in [-0.2, 0) is 16.1 Å². The standard InChI is InChI=1S/C15H23NO3/c1-4-9-16-10-13-7-5-6-8-14(13)18-11-15(17)19-12(2)3/h5-8,12,16H,4,9-11H2,1-3H3. The first kappa shape index (κ1) is 15.5. The predicted octanol–water partition coefficient (Wildman–Crippen LogP) is 2.52. The fourth-order valence-corrected chi connectivity index (χ4v) is 1.62. The Morgan fingerprint density at radius 2 is 2.05 bits per heavy atom. The van der Waals surface area contributed by atoms with E-state index >= 15 is 0 Å². The van der Waals surface area contributed by atoms with Crippen LogP contribution in [-0.4, -0.2) is 25.2 Å². The maximum atomic E-state index is 11.4. The van der Waals surface area contributed by atoms with Crippen molar-refractivity contribution in [3.8, 4) is 5.75 Å². The normalized spacial score (nSPS) is 10.5. The van der Waals surface area contributed by atoms with Gasteiger partial charge in [-0.25, -0.2) is 4.79 Å². The Balaban J connectivity index is 2.50. The van der Waals surface area contributed by atoms with Crippen LogP contribution in [0.15, 0.2) is 24.3 Å². The van der Waals surface area contributed by atoms with Crippen LogP contribution in [0.25, 0.3) is 0 Å². The van der Waals surface area contributed by atoms with Gasteiger partial charge in [-0.05, 0) is 32.9 Å². The molecule has 4 heteroatoms. The summed E-state index contributed by atoms with van der Waals surface area (Å²) in [7, 11) is 0. The lowest BCUT2D eigenvalue weighted by molar-refractivity contribution is -0.149. The summed E-state index contributed by atoms with van der Waals surface area (Å²) in [5.41, 5.74) is 1.05. The molecule has 1 N–H and O–H groups in total. The van der Waals surface area contributed by atoms with Gasteiger partial charge in [-0.1, -0.05) is 25.1 Å². The van der Waals surface area contributed by atoms with Crippen molar-refractivity contribution in [1.29, 1.82) is 0 Å². The molecule has 0 atom stereocenters. The zero-order valence-corrected chi connectivity index (χ0v) is 11.9.